The first kappa shape index (κ1) is 16.3. The fourth-order valence-electron chi connectivity index (χ4n) is 2.31. The van der Waals surface area contributed by atoms with Crippen molar-refractivity contribution in [2.24, 2.45) is 0 Å². The highest BCUT2D eigenvalue weighted by atomic mass is 79.9. The highest BCUT2D eigenvalue weighted by Gasteiger charge is 2.13. The number of esters is 1. The molecule has 0 aliphatic rings. The molecule has 0 bridgehead atoms. The molecule has 0 unspecified atom stereocenters. The second-order valence-corrected chi connectivity index (χ2v) is 5.91. The zero-order valence-electron chi connectivity index (χ0n) is 12.6. The summed E-state index contributed by atoms with van der Waals surface area (Å²) in [5.74, 6) is -1.01. The van der Waals surface area contributed by atoms with Crippen LogP contribution >= 0.6 is 15.9 Å². The van der Waals surface area contributed by atoms with E-state index in [1.54, 1.807) is 24.4 Å². The van der Waals surface area contributed by atoms with Gasteiger partial charge in [-0.1, -0.05) is 12.1 Å². The Morgan fingerprint density at radius 3 is 2.50 bits per heavy atom. The number of carbonyl (C=O) groups excluding carboxylic acids is 2. The van der Waals surface area contributed by atoms with Crippen LogP contribution in [-0.4, -0.2) is 28.6 Å². The average molecular weight is 391 g/mol. The molecule has 0 aliphatic heterocycles. The second-order valence-electron chi connectivity index (χ2n) is 5.11. The molecule has 1 aromatic heterocycles. The first-order valence-electron chi connectivity index (χ1n) is 7.02. The number of fused-ring (bicyclic) bond motifs is 1. The van der Waals surface area contributed by atoms with E-state index in [0.29, 0.717) is 26.5 Å². The Bertz CT molecular complexity index is 935. The molecule has 0 aliphatic carbocycles. The number of aromatic nitrogens is 2. The average Bonchev–Trinajstić information content (AvgIpc) is 3.01. The summed E-state index contributed by atoms with van der Waals surface area (Å²) in [4.78, 5) is 23.7. The van der Waals surface area contributed by atoms with Crippen LogP contribution in [0.15, 0.2) is 47.1 Å². The Labute approximate surface area is 145 Å². The molecule has 0 fully saturated rings. The Morgan fingerprint density at radius 1 is 1.17 bits per heavy atom. The molecule has 3 rings (SSSR count). The normalized spacial score (nSPS) is 10.8. The molecular formula is C17H12BrFN2O3. The van der Waals surface area contributed by atoms with Gasteiger partial charge in [-0.15, -0.1) is 0 Å². The maximum absolute atomic E-state index is 13.5. The van der Waals surface area contributed by atoms with Gasteiger partial charge in [0, 0.05) is 17.1 Å². The molecule has 0 amide bonds. The number of rotatable bonds is 4. The highest BCUT2D eigenvalue weighted by molar-refractivity contribution is 9.10. The smallest absolute Gasteiger partial charge is 0.337 e. The third-order valence-electron chi connectivity index (χ3n) is 3.56. The van der Waals surface area contributed by atoms with Gasteiger partial charge in [-0.3, -0.25) is 9.48 Å². The summed E-state index contributed by atoms with van der Waals surface area (Å²) in [5.41, 5.74) is 1.42. The molecule has 2 aromatic carbocycles. The van der Waals surface area contributed by atoms with Gasteiger partial charge in [0.05, 0.1) is 22.7 Å². The maximum atomic E-state index is 13.5. The lowest BCUT2D eigenvalue weighted by Gasteiger charge is -2.03. The van der Waals surface area contributed by atoms with E-state index < -0.39 is 5.97 Å². The van der Waals surface area contributed by atoms with Crippen LogP contribution in [0.1, 0.15) is 20.7 Å². The fraction of sp³-hybridized carbons (Fsp3) is 0.118. The third-order valence-corrected chi connectivity index (χ3v) is 4.36. The van der Waals surface area contributed by atoms with Crippen LogP contribution in [-0.2, 0) is 11.3 Å². The topological polar surface area (TPSA) is 61.2 Å². The van der Waals surface area contributed by atoms with Crippen LogP contribution in [0.3, 0.4) is 0 Å². The van der Waals surface area contributed by atoms with Crippen LogP contribution in [0.25, 0.3) is 10.9 Å². The molecule has 3 aromatic rings. The van der Waals surface area contributed by atoms with E-state index in [1.807, 2.05) is 0 Å². The van der Waals surface area contributed by atoms with Crippen molar-refractivity contribution in [1.29, 1.82) is 0 Å². The van der Waals surface area contributed by atoms with E-state index in [0.717, 1.165) is 0 Å². The minimum Gasteiger partial charge on any atom is -0.465 e. The summed E-state index contributed by atoms with van der Waals surface area (Å²) in [7, 11) is 1.30. The fourth-order valence-corrected chi connectivity index (χ4v) is 2.75. The van der Waals surface area contributed by atoms with Crippen LogP contribution in [0, 0.1) is 5.82 Å². The molecule has 7 heteroatoms. The summed E-state index contributed by atoms with van der Waals surface area (Å²) in [5, 5.41) is 4.87. The predicted octanol–water partition coefficient (Wildman–Crippen LogP) is 3.61. The minimum absolute atomic E-state index is 0.0142. The van der Waals surface area contributed by atoms with Crippen molar-refractivity contribution >= 4 is 38.6 Å². The van der Waals surface area contributed by atoms with Gasteiger partial charge < -0.3 is 4.74 Å². The molecule has 5 nitrogen and oxygen atoms in total. The molecule has 0 radical (unpaired) electrons. The Hall–Kier alpha value is -2.54. The van der Waals surface area contributed by atoms with Gasteiger partial charge in [0.2, 0.25) is 0 Å². The number of ketones is 1. The Balaban J connectivity index is 1.82. The summed E-state index contributed by atoms with van der Waals surface area (Å²) in [6.45, 7) is 0.0142. The first-order chi connectivity index (χ1) is 11.5. The number of methoxy groups -OCH3 is 1. The van der Waals surface area contributed by atoms with Gasteiger partial charge in [0.1, 0.15) is 12.4 Å². The molecule has 0 N–H and O–H groups in total. The summed E-state index contributed by atoms with van der Waals surface area (Å²) in [6, 6.07) is 9.06. The zero-order valence-corrected chi connectivity index (χ0v) is 14.2. The van der Waals surface area contributed by atoms with E-state index in [4.69, 9.17) is 0 Å². The highest BCUT2D eigenvalue weighted by Crippen LogP contribution is 2.26. The van der Waals surface area contributed by atoms with Crippen molar-refractivity contribution in [3.8, 4) is 0 Å². The van der Waals surface area contributed by atoms with Crippen LogP contribution in [0.4, 0.5) is 4.39 Å². The van der Waals surface area contributed by atoms with E-state index in [-0.39, 0.29) is 18.1 Å². The number of ether oxygens (including phenoxy) is 1. The molecule has 24 heavy (non-hydrogen) atoms. The number of hydrogen-bond acceptors (Lipinski definition) is 4. The third kappa shape index (κ3) is 3.07. The number of nitrogens with zero attached hydrogens (tertiary/aromatic N) is 2. The van der Waals surface area contributed by atoms with Crippen molar-refractivity contribution in [3.63, 3.8) is 0 Å². The van der Waals surface area contributed by atoms with E-state index >= 15 is 0 Å². The minimum atomic E-state index is -0.459. The van der Waals surface area contributed by atoms with Gasteiger partial charge in [-0.25, -0.2) is 9.18 Å². The largest absolute Gasteiger partial charge is 0.465 e. The Morgan fingerprint density at radius 2 is 1.83 bits per heavy atom. The molecular weight excluding hydrogens is 379 g/mol. The second kappa shape index (κ2) is 6.52. The van der Waals surface area contributed by atoms with Crippen LogP contribution in [0.5, 0.6) is 0 Å². The number of Topliss-reactive ketones (excluding diaryl/α,β-unsaturated/α-hetero) is 1. The van der Waals surface area contributed by atoms with Crippen molar-refractivity contribution in [1.82, 2.24) is 9.78 Å². The van der Waals surface area contributed by atoms with Crippen molar-refractivity contribution in [2.45, 2.75) is 6.54 Å². The zero-order chi connectivity index (χ0) is 17.3. The number of halogens is 2. The molecule has 0 saturated heterocycles. The van der Waals surface area contributed by atoms with E-state index in [9.17, 15) is 14.0 Å². The Kier molecular flexibility index (Phi) is 4.44. The van der Waals surface area contributed by atoms with Gasteiger partial charge >= 0.3 is 5.97 Å². The summed E-state index contributed by atoms with van der Waals surface area (Å²) >= 11 is 3.18. The number of benzene rings is 2. The molecule has 0 saturated carbocycles. The SMILES string of the molecule is COC(=O)c1ccc(C(=O)Cn2cc3c(Br)c(F)ccc3n2)cc1. The van der Waals surface area contributed by atoms with Gasteiger partial charge in [0.25, 0.3) is 0 Å². The van der Waals surface area contributed by atoms with Gasteiger partial charge in [0.15, 0.2) is 5.78 Å². The number of hydrogen-bond donors (Lipinski definition) is 0. The lowest BCUT2D eigenvalue weighted by molar-refractivity contribution is 0.0600. The van der Waals surface area contributed by atoms with Crippen molar-refractivity contribution in [2.75, 3.05) is 7.11 Å². The van der Waals surface area contributed by atoms with E-state index in [2.05, 4.69) is 25.8 Å². The van der Waals surface area contributed by atoms with Crippen molar-refractivity contribution in [3.05, 3.63) is 64.0 Å². The predicted molar refractivity (Wildman–Crippen MR) is 89.5 cm³/mol. The van der Waals surface area contributed by atoms with Gasteiger partial charge in [-0.2, -0.15) is 5.10 Å². The summed E-state index contributed by atoms with van der Waals surface area (Å²) in [6.07, 6.45) is 1.61. The molecule has 0 atom stereocenters. The summed E-state index contributed by atoms with van der Waals surface area (Å²) < 4.78 is 19.9. The lowest BCUT2D eigenvalue weighted by atomic mass is 10.1. The molecule has 1 heterocycles. The molecule has 0 spiro atoms. The van der Waals surface area contributed by atoms with Crippen molar-refractivity contribution < 1.29 is 18.7 Å². The number of carbonyl (C=O) groups is 2. The van der Waals surface area contributed by atoms with Crippen LogP contribution in [0.2, 0.25) is 0 Å². The standard InChI is InChI=1S/C17H12BrFN2O3/c1-24-17(23)11-4-2-10(3-5-11)15(22)9-21-8-12-14(20-21)7-6-13(19)16(12)18/h2-8H,9H2,1H3. The monoisotopic (exact) mass is 390 g/mol. The maximum Gasteiger partial charge on any atom is 0.337 e. The molecule has 122 valence electrons. The quantitative estimate of drug-likeness (QED) is 0.504. The lowest BCUT2D eigenvalue weighted by Crippen LogP contribution is -2.11. The first-order valence-corrected chi connectivity index (χ1v) is 7.81. The van der Waals surface area contributed by atoms with Gasteiger partial charge in [-0.05, 0) is 40.2 Å². The van der Waals surface area contributed by atoms with Crippen LogP contribution < -0.4 is 0 Å². The van der Waals surface area contributed by atoms with E-state index in [1.165, 1.54) is 30.0 Å².